The number of aryl methyl sites for hydroxylation is 1. The van der Waals surface area contributed by atoms with Gasteiger partial charge in [-0.25, -0.2) is 9.50 Å². The van der Waals surface area contributed by atoms with Gasteiger partial charge in [0.25, 0.3) is 5.56 Å². The summed E-state index contributed by atoms with van der Waals surface area (Å²) in [5.74, 6) is 0.481. The molecule has 8 heteroatoms. The van der Waals surface area contributed by atoms with Crippen LogP contribution in [0.2, 0.25) is 0 Å². The van der Waals surface area contributed by atoms with E-state index in [0.29, 0.717) is 16.9 Å². The number of fused-ring (bicyclic) bond motifs is 1. The van der Waals surface area contributed by atoms with E-state index in [9.17, 15) is 9.59 Å². The molecule has 0 aliphatic rings. The average molecular weight is 384 g/mol. The molecule has 8 nitrogen and oxygen atoms in total. The van der Waals surface area contributed by atoms with Crippen molar-refractivity contribution in [2.45, 2.75) is 32.4 Å². The predicted octanol–water partition coefficient (Wildman–Crippen LogP) is 1.77. The maximum atomic E-state index is 12.6. The number of hydrogen-bond acceptors (Lipinski definition) is 5. The summed E-state index contributed by atoms with van der Waals surface area (Å²) >= 11 is 0. The highest BCUT2D eigenvalue weighted by Crippen LogP contribution is 2.23. The summed E-state index contributed by atoms with van der Waals surface area (Å²) in [6.07, 6.45) is 1.25. The Morgan fingerprint density at radius 2 is 1.96 bits per heavy atom. The quantitative estimate of drug-likeness (QED) is 0.647. The molecule has 3 rings (SSSR count). The summed E-state index contributed by atoms with van der Waals surface area (Å²) in [6.45, 7) is 3.60. The number of nitrogens with one attached hydrogen (secondary N) is 2. The fraction of sp³-hybridized carbons (Fsp3) is 0.350. The van der Waals surface area contributed by atoms with E-state index >= 15 is 0 Å². The highest BCUT2D eigenvalue weighted by Gasteiger charge is 2.22. The first-order chi connectivity index (χ1) is 13.4. The summed E-state index contributed by atoms with van der Waals surface area (Å²) in [7, 11) is 3.20. The first-order valence-corrected chi connectivity index (χ1v) is 8.96. The van der Waals surface area contributed by atoms with E-state index < -0.39 is 0 Å². The number of carbonyl (C=O) groups excluding carboxylic acids is 1. The molecule has 28 heavy (non-hydrogen) atoms. The van der Waals surface area contributed by atoms with Crippen molar-refractivity contribution >= 4 is 11.6 Å². The number of aromatic amines is 1. The molecule has 2 N–H and O–H groups in total. The van der Waals surface area contributed by atoms with E-state index in [0.717, 1.165) is 11.3 Å². The zero-order valence-corrected chi connectivity index (χ0v) is 16.4. The van der Waals surface area contributed by atoms with E-state index in [2.05, 4.69) is 15.4 Å². The molecule has 1 aromatic carbocycles. The van der Waals surface area contributed by atoms with Crippen LogP contribution in [0.5, 0.6) is 5.75 Å². The molecule has 3 aromatic rings. The summed E-state index contributed by atoms with van der Waals surface area (Å²) in [4.78, 5) is 29.5. The van der Waals surface area contributed by atoms with Crippen molar-refractivity contribution in [1.82, 2.24) is 19.9 Å². The lowest BCUT2D eigenvalue weighted by atomic mass is 10.0. The number of amides is 1. The van der Waals surface area contributed by atoms with E-state index in [1.807, 2.05) is 31.2 Å². The molecule has 0 saturated heterocycles. The number of benzene rings is 1. The van der Waals surface area contributed by atoms with Crippen molar-refractivity contribution in [2.75, 3.05) is 14.2 Å². The first-order valence-electron chi connectivity index (χ1n) is 8.96. The molecule has 0 aliphatic heterocycles. The van der Waals surface area contributed by atoms with Crippen LogP contribution in [0.15, 0.2) is 41.3 Å². The third-order valence-corrected chi connectivity index (χ3v) is 4.72. The largest absolute Gasteiger partial charge is 0.497 e. The third-order valence-electron chi connectivity index (χ3n) is 4.72. The Balaban J connectivity index is 1.73. The van der Waals surface area contributed by atoms with Crippen molar-refractivity contribution in [3.05, 3.63) is 63.7 Å². The van der Waals surface area contributed by atoms with Gasteiger partial charge in [0.15, 0.2) is 5.65 Å². The van der Waals surface area contributed by atoms with Crippen LogP contribution in [0.4, 0.5) is 0 Å². The molecule has 148 valence electrons. The topological polar surface area (TPSA) is 97.7 Å². The number of aromatic nitrogens is 3. The number of carbonyl (C=O) groups is 1. The van der Waals surface area contributed by atoms with Gasteiger partial charge >= 0.3 is 0 Å². The summed E-state index contributed by atoms with van der Waals surface area (Å²) in [5, 5.41) is 5.73. The van der Waals surface area contributed by atoms with Gasteiger partial charge in [0.2, 0.25) is 5.91 Å². The summed E-state index contributed by atoms with van der Waals surface area (Å²) in [5.41, 5.74) is 2.09. The van der Waals surface area contributed by atoms with Crippen LogP contribution in [-0.4, -0.2) is 40.8 Å². The van der Waals surface area contributed by atoms with Crippen molar-refractivity contribution in [2.24, 2.45) is 0 Å². The molecule has 0 aliphatic carbocycles. The van der Waals surface area contributed by atoms with Crippen LogP contribution in [0.1, 0.15) is 29.8 Å². The SMILES string of the molecule is COc1ccc([C@H](OC)[C@@H](C)NC(=O)Cc2c(C)nc3cc[nH]n3c2=O)cc1. The molecular weight excluding hydrogens is 360 g/mol. The molecule has 0 saturated carbocycles. The van der Waals surface area contributed by atoms with Gasteiger partial charge in [0, 0.05) is 30.6 Å². The van der Waals surface area contributed by atoms with Gasteiger partial charge in [0.1, 0.15) is 11.9 Å². The normalized spacial score (nSPS) is 13.3. The number of ether oxygens (including phenoxy) is 2. The maximum absolute atomic E-state index is 12.6. The lowest BCUT2D eigenvalue weighted by molar-refractivity contribution is -0.122. The van der Waals surface area contributed by atoms with Crippen LogP contribution < -0.4 is 15.6 Å². The van der Waals surface area contributed by atoms with Gasteiger partial charge in [0.05, 0.1) is 19.6 Å². The molecule has 2 heterocycles. The number of methoxy groups -OCH3 is 2. The Labute approximate surface area is 162 Å². The smallest absolute Gasteiger partial charge is 0.276 e. The van der Waals surface area contributed by atoms with E-state index in [1.54, 1.807) is 33.4 Å². The van der Waals surface area contributed by atoms with Crippen LogP contribution in [0, 0.1) is 6.92 Å². The summed E-state index contributed by atoms with van der Waals surface area (Å²) < 4.78 is 12.1. The maximum Gasteiger partial charge on any atom is 0.276 e. The number of hydrogen-bond donors (Lipinski definition) is 2. The Morgan fingerprint density at radius 1 is 1.25 bits per heavy atom. The van der Waals surface area contributed by atoms with Gasteiger partial charge in [-0.05, 0) is 31.5 Å². The van der Waals surface area contributed by atoms with Crippen LogP contribution in [0.3, 0.4) is 0 Å². The standard InChI is InChI=1S/C20H24N4O4/c1-12-16(20(26)24-17(22-12)9-10-21-24)11-18(25)23-13(2)19(28-4)14-5-7-15(27-3)8-6-14/h5-10,13,19,21H,11H2,1-4H3,(H,23,25)/t13-,19-/m1/s1. The van der Waals surface area contributed by atoms with Gasteiger partial charge < -0.3 is 14.8 Å². The monoisotopic (exact) mass is 384 g/mol. The zero-order valence-electron chi connectivity index (χ0n) is 16.4. The van der Waals surface area contributed by atoms with Gasteiger partial charge in [-0.3, -0.25) is 14.7 Å². The Hall–Kier alpha value is -3.13. The minimum atomic E-state index is -0.332. The van der Waals surface area contributed by atoms with E-state index in [1.165, 1.54) is 4.52 Å². The number of nitrogens with zero attached hydrogens (tertiary/aromatic N) is 2. The van der Waals surface area contributed by atoms with E-state index in [4.69, 9.17) is 9.47 Å². The molecule has 0 spiro atoms. The molecule has 0 fully saturated rings. The van der Waals surface area contributed by atoms with Crippen LogP contribution in [-0.2, 0) is 16.0 Å². The molecule has 0 unspecified atom stereocenters. The highest BCUT2D eigenvalue weighted by molar-refractivity contribution is 5.79. The minimum Gasteiger partial charge on any atom is -0.497 e. The van der Waals surface area contributed by atoms with Crippen molar-refractivity contribution in [1.29, 1.82) is 0 Å². The zero-order chi connectivity index (χ0) is 20.3. The minimum absolute atomic E-state index is 0.0526. The van der Waals surface area contributed by atoms with Crippen LogP contribution >= 0.6 is 0 Å². The Morgan fingerprint density at radius 3 is 2.61 bits per heavy atom. The van der Waals surface area contributed by atoms with E-state index in [-0.39, 0.29) is 30.0 Å². The Bertz CT molecular complexity index is 1020. The summed E-state index contributed by atoms with van der Waals surface area (Å²) in [6, 6.07) is 8.90. The van der Waals surface area contributed by atoms with Gasteiger partial charge in [-0.1, -0.05) is 12.1 Å². The first kappa shape index (κ1) is 19.6. The number of H-pyrrole nitrogens is 1. The van der Waals surface area contributed by atoms with Crippen molar-refractivity contribution < 1.29 is 14.3 Å². The van der Waals surface area contributed by atoms with Crippen molar-refractivity contribution in [3.63, 3.8) is 0 Å². The Kier molecular flexibility index (Phi) is 5.79. The lowest BCUT2D eigenvalue weighted by Crippen LogP contribution is -2.39. The van der Waals surface area contributed by atoms with Crippen LogP contribution in [0.25, 0.3) is 5.65 Å². The average Bonchev–Trinajstić information content (AvgIpc) is 3.14. The third kappa shape index (κ3) is 3.91. The molecule has 0 radical (unpaired) electrons. The fourth-order valence-corrected chi connectivity index (χ4v) is 3.27. The molecule has 0 bridgehead atoms. The lowest BCUT2D eigenvalue weighted by Gasteiger charge is -2.24. The van der Waals surface area contributed by atoms with Crippen molar-refractivity contribution in [3.8, 4) is 5.75 Å². The molecule has 2 atom stereocenters. The van der Waals surface area contributed by atoms with Gasteiger partial charge in [-0.15, -0.1) is 0 Å². The molecule has 2 aromatic heterocycles. The second kappa shape index (κ2) is 8.26. The predicted molar refractivity (Wildman–Crippen MR) is 105 cm³/mol. The molecule has 1 amide bonds. The van der Waals surface area contributed by atoms with Gasteiger partial charge in [-0.2, -0.15) is 0 Å². The highest BCUT2D eigenvalue weighted by atomic mass is 16.5. The second-order valence-electron chi connectivity index (χ2n) is 6.60. The fourth-order valence-electron chi connectivity index (χ4n) is 3.27. The second-order valence-corrected chi connectivity index (χ2v) is 6.60. The molecular formula is C20H24N4O4. The number of rotatable bonds is 7.